The van der Waals surface area contributed by atoms with Gasteiger partial charge in [-0.2, -0.15) is 5.10 Å². The van der Waals surface area contributed by atoms with Gasteiger partial charge in [0.1, 0.15) is 11.5 Å². The molecule has 3 aromatic rings. The summed E-state index contributed by atoms with van der Waals surface area (Å²) in [6, 6.07) is 21.4. The van der Waals surface area contributed by atoms with E-state index in [-0.39, 0.29) is 0 Å². The molecule has 2 heterocycles. The van der Waals surface area contributed by atoms with Gasteiger partial charge in [-0.1, -0.05) is 42.5 Å². The molecule has 3 rings (SSSR count). The Hall–Kier alpha value is -1.62. The summed E-state index contributed by atoms with van der Waals surface area (Å²) in [6.07, 6.45) is 3.48. The van der Waals surface area contributed by atoms with E-state index < -0.39 is 11.2 Å². The number of nitrogens with one attached hydrogen (secondary N) is 1. The van der Waals surface area contributed by atoms with Gasteiger partial charge in [0.05, 0.1) is 5.69 Å². The van der Waals surface area contributed by atoms with Crippen LogP contribution in [0.4, 0.5) is 5.82 Å². The zero-order valence-electron chi connectivity index (χ0n) is 12.8. The minimum atomic E-state index is -1.33. The van der Waals surface area contributed by atoms with Gasteiger partial charge in [-0.15, -0.1) is 0 Å². The fourth-order valence-electron chi connectivity index (χ4n) is 1.91. The van der Waals surface area contributed by atoms with Gasteiger partial charge in [-0.25, -0.2) is 4.98 Å². The van der Waals surface area contributed by atoms with E-state index in [9.17, 15) is 0 Å². The van der Waals surface area contributed by atoms with Crippen molar-refractivity contribution >= 4 is 41.8 Å². The number of pyridine rings is 2. The summed E-state index contributed by atoms with van der Waals surface area (Å²) in [5.74, 6) is 0.696. The Morgan fingerprint density at radius 2 is 1.40 bits per heavy atom. The van der Waals surface area contributed by atoms with Crippen molar-refractivity contribution in [3.8, 4) is 0 Å². The summed E-state index contributed by atoms with van der Waals surface area (Å²) >= 11 is -1.33. The van der Waals surface area contributed by atoms with Crippen LogP contribution in [0.25, 0.3) is 0 Å². The fraction of sp³-hybridized carbons (Fsp3) is 0. The molecule has 0 atom stereocenters. The van der Waals surface area contributed by atoms with Crippen LogP contribution < -0.4 is 5.43 Å². The molecule has 0 fully saturated rings. The SMILES string of the molecule is [Cl][Fe]([Cl])[Cl].c1ccc(/C(=N\Nc2ccccn2)c2ccccn2)cc1. The van der Waals surface area contributed by atoms with E-state index in [2.05, 4.69) is 20.5 Å². The topological polar surface area (TPSA) is 50.2 Å². The van der Waals surface area contributed by atoms with Crippen LogP contribution >= 0.6 is 30.3 Å². The molecule has 25 heavy (non-hydrogen) atoms. The molecular formula is C17H14Cl3FeN4. The van der Waals surface area contributed by atoms with Crippen molar-refractivity contribution in [3.63, 3.8) is 0 Å². The average Bonchev–Trinajstić information content (AvgIpc) is 2.64. The van der Waals surface area contributed by atoms with Crippen molar-refractivity contribution in [2.24, 2.45) is 5.10 Å². The summed E-state index contributed by atoms with van der Waals surface area (Å²) in [5.41, 5.74) is 5.57. The van der Waals surface area contributed by atoms with Crippen LogP contribution in [-0.2, 0) is 11.2 Å². The van der Waals surface area contributed by atoms with Gasteiger partial charge in [0.2, 0.25) is 0 Å². The van der Waals surface area contributed by atoms with Crippen LogP contribution in [0.5, 0.6) is 0 Å². The number of hydrogen-bond acceptors (Lipinski definition) is 4. The molecule has 0 radical (unpaired) electrons. The summed E-state index contributed by atoms with van der Waals surface area (Å²) in [7, 11) is 14.7. The molecule has 0 saturated heterocycles. The third kappa shape index (κ3) is 7.43. The summed E-state index contributed by atoms with van der Waals surface area (Å²) in [5, 5.41) is 4.48. The van der Waals surface area contributed by atoms with E-state index in [0.29, 0.717) is 5.82 Å². The minimum Gasteiger partial charge on any atom is -0.261 e. The minimum absolute atomic E-state index is 0.696. The van der Waals surface area contributed by atoms with Crippen molar-refractivity contribution < 1.29 is 11.2 Å². The van der Waals surface area contributed by atoms with Crippen LogP contribution in [0.15, 0.2) is 84.2 Å². The number of benzene rings is 1. The molecule has 0 bridgehead atoms. The van der Waals surface area contributed by atoms with Crippen molar-refractivity contribution in [1.82, 2.24) is 9.97 Å². The van der Waals surface area contributed by atoms with E-state index in [0.717, 1.165) is 17.0 Å². The van der Waals surface area contributed by atoms with Crippen molar-refractivity contribution in [1.29, 1.82) is 0 Å². The van der Waals surface area contributed by atoms with E-state index in [1.807, 2.05) is 66.7 Å². The van der Waals surface area contributed by atoms with E-state index in [1.54, 1.807) is 12.4 Å². The van der Waals surface area contributed by atoms with Crippen LogP contribution in [0, 0.1) is 0 Å². The molecule has 1 N–H and O–H groups in total. The third-order valence-corrected chi connectivity index (χ3v) is 2.90. The van der Waals surface area contributed by atoms with Crippen LogP contribution in [0.1, 0.15) is 11.3 Å². The number of aromatic nitrogens is 2. The average molecular weight is 437 g/mol. The molecule has 4 nitrogen and oxygen atoms in total. The van der Waals surface area contributed by atoms with Crippen molar-refractivity contribution in [2.75, 3.05) is 5.43 Å². The Morgan fingerprint density at radius 1 is 0.800 bits per heavy atom. The largest absolute Gasteiger partial charge is 0.261 e. The Bertz CT molecular complexity index is 727. The van der Waals surface area contributed by atoms with Gasteiger partial charge < -0.3 is 0 Å². The molecule has 0 aliphatic heterocycles. The molecule has 1 aromatic carbocycles. The number of hydrazone groups is 1. The van der Waals surface area contributed by atoms with Crippen LogP contribution in [0.2, 0.25) is 0 Å². The zero-order chi connectivity index (χ0) is 17.9. The second-order valence-corrected chi connectivity index (χ2v) is 9.99. The maximum atomic E-state index is 4.89. The predicted molar refractivity (Wildman–Crippen MR) is 102 cm³/mol. The maximum absolute atomic E-state index is 4.89. The van der Waals surface area contributed by atoms with Crippen LogP contribution in [-0.4, -0.2) is 15.7 Å². The molecule has 0 saturated carbocycles. The summed E-state index contributed by atoms with van der Waals surface area (Å²) in [6.45, 7) is 0. The molecule has 2 aromatic heterocycles. The van der Waals surface area contributed by atoms with Gasteiger partial charge in [0.15, 0.2) is 0 Å². The van der Waals surface area contributed by atoms with Crippen molar-refractivity contribution in [2.45, 2.75) is 0 Å². The number of halogens is 3. The standard InChI is InChI=1S/C17H14N4.3ClH.Fe/c1-2-8-14(9-3-1)17(15-10-4-6-12-18-15)21-20-16-11-5-7-13-19-16;;;;/h1-13H,(H,19,20);3*1H;/q;;;;+3/p-3/b21-17+;;;;. The molecule has 0 amide bonds. The van der Waals surface area contributed by atoms with Crippen LogP contribution in [0.3, 0.4) is 0 Å². The van der Waals surface area contributed by atoms with E-state index in [4.69, 9.17) is 30.3 Å². The molecule has 131 valence electrons. The summed E-state index contributed by atoms with van der Waals surface area (Å²) in [4.78, 5) is 8.58. The van der Waals surface area contributed by atoms with E-state index in [1.165, 1.54) is 0 Å². The molecule has 8 heteroatoms. The first-order valence-corrected chi connectivity index (χ1v) is 11.6. The first-order valence-electron chi connectivity index (χ1n) is 7.05. The van der Waals surface area contributed by atoms with Gasteiger partial charge >= 0.3 is 41.5 Å². The molecular weight excluding hydrogens is 422 g/mol. The monoisotopic (exact) mass is 435 g/mol. The Balaban J connectivity index is 0.000000511. The predicted octanol–water partition coefficient (Wildman–Crippen LogP) is 5.41. The quantitative estimate of drug-likeness (QED) is 0.338. The Morgan fingerprint density at radius 3 is 1.96 bits per heavy atom. The fourth-order valence-corrected chi connectivity index (χ4v) is 1.91. The smallest absolute Gasteiger partial charge is 0.146 e. The van der Waals surface area contributed by atoms with Crippen molar-refractivity contribution in [3.05, 3.63) is 90.4 Å². The summed E-state index contributed by atoms with van der Waals surface area (Å²) < 4.78 is 0. The zero-order valence-corrected chi connectivity index (χ0v) is 16.2. The number of rotatable bonds is 4. The molecule has 0 unspecified atom stereocenters. The Labute approximate surface area is 163 Å². The number of nitrogens with zero attached hydrogens (tertiary/aromatic N) is 3. The number of anilines is 1. The Kier molecular flexibility index (Phi) is 8.73. The van der Waals surface area contributed by atoms with Gasteiger partial charge in [0.25, 0.3) is 0 Å². The number of hydrogen-bond donors (Lipinski definition) is 1. The van der Waals surface area contributed by atoms with Gasteiger partial charge in [0, 0.05) is 18.0 Å². The molecule has 0 aliphatic rings. The van der Waals surface area contributed by atoms with E-state index >= 15 is 0 Å². The normalized spacial score (nSPS) is 11.2. The first kappa shape index (κ1) is 19.7. The second-order valence-electron chi connectivity index (χ2n) is 4.52. The first-order chi connectivity index (χ1) is 12.2. The van der Waals surface area contributed by atoms with Gasteiger partial charge in [-0.3, -0.25) is 10.4 Å². The maximum Gasteiger partial charge on any atom is 0.146 e. The van der Waals surface area contributed by atoms with Gasteiger partial charge in [-0.05, 0) is 24.3 Å². The second kappa shape index (κ2) is 11.1. The third-order valence-electron chi connectivity index (χ3n) is 2.90. The molecule has 0 aliphatic carbocycles. The molecule has 0 spiro atoms.